The molecule has 0 spiro atoms. The SMILES string of the molecule is CCn1c(SC(C)C(=O)N(C)Cc2ccccc2)nc2sc(C)c(C)c2c1=O. The standard InChI is InChI=1S/C21H25N3O2S2/c1-6-24-20(26)17-13(2)14(3)27-18(17)22-21(24)28-15(4)19(25)23(5)12-16-10-8-7-9-11-16/h7-11,15H,6,12H2,1-5H3. The van der Waals surface area contributed by atoms with E-state index in [1.165, 1.54) is 23.1 Å². The monoisotopic (exact) mass is 415 g/mol. The summed E-state index contributed by atoms with van der Waals surface area (Å²) in [5, 5.41) is 0.974. The molecule has 0 saturated carbocycles. The van der Waals surface area contributed by atoms with E-state index in [0.717, 1.165) is 20.8 Å². The largest absolute Gasteiger partial charge is 0.340 e. The second-order valence-corrected chi connectivity index (χ2v) is 9.36. The van der Waals surface area contributed by atoms with Gasteiger partial charge < -0.3 is 4.90 Å². The first-order valence-electron chi connectivity index (χ1n) is 9.29. The van der Waals surface area contributed by atoms with Gasteiger partial charge in [-0.1, -0.05) is 42.1 Å². The normalized spacial score (nSPS) is 12.3. The van der Waals surface area contributed by atoms with E-state index in [2.05, 4.69) is 0 Å². The van der Waals surface area contributed by atoms with Crippen molar-refractivity contribution in [2.45, 2.75) is 51.2 Å². The highest BCUT2D eigenvalue weighted by Crippen LogP contribution is 2.30. The number of hydrogen-bond donors (Lipinski definition) is 0. The van der Waals surface area contributed by atoms with Crippen molar-refractivity contribution in [3.05, 3.63) is 56.7 Å². The van der Waals surface area contributed by atoms with Crippen molar-refractivity contribution >= 4 is 39.2 Å². The van der Waals surface area contributed by atoms with E-state index < -0.39 is 0 Å². The zero-order chi connectivity index (χ0) is 20.4. The molecule has 1 amide bonds. The predicted molar refractivity (Wildman–Crippen MR) is 117 cm³/mol. The van der Waals surface area contributed by atoms with Crippen LogP contribution in [0, 0.1) is 13.8 Å². The molecule has 0 radical (unpaired) electrons. The van der Waals surface area contributed by atoms with Crippen molar-refractivity contribution < 1.29 is 4.79 Å². The number of rotatable bonds is 6. The molecule has 0 fully saturated rings. The molecule has 0 aliphatic carbocycles. The molecular formula is C21H25N3O2S2. The molecule has 0 aliphatic rings. The Kier molecular flexibility index (Phi) is 6.25. The van der Waals surface area contributed by atoms with Crippen LogP contribution < -0.4 is 5.56 Å². The average Bonchev–Trinajstić information content (AvgIpc) is 2.96. The average molecular weight is 416 g/mol. The first kappa shape index (κ1) is 20.6. The Balaban J connectivity index is 1.85. The summed E-state index contributed by atoms with van der Waals surface area (Å²) in [7, 11) is 1.81. The molecule has 5 nitrogen and oxygen atoms in total. The minimum absolute atomic E-state index is 0.0180. The van der Waals surface area contributed by atoms with Crippen LogP contribution in [0.5, 0.6) is 0 Å². The van der Waals surface area contributed by atoms with Crippen molar-refractivity contribution in [2.75, 3.05) is 7.05 Å². The summed E-state index contributed by atoms with van der Waals surface area (Å²) in [6, 6.07) is 9.91. The number of thioether (sulfide) groups is 1. The van der Waals surface area contributed by atoms with Crippen LogP contribution in [-0.4, -0.2) is 32.7 Å². The van der Waals surface area contributed by atoms with Crippen LogP contribution >= 0.6 is 23.1 Å². The fourth-order valence-electron chi connectivity index (χ4n) is 3.13. The van der Waals surface area contributed by atoms with Gasteiger partial charge in [0.1, 0.15) is 4.83 Å². The van der Waals surface area contributed by atoms with Crippen molar-refractivity contribution in [3.8, 4) is 0 Å². The number of hydrogen-bond acceptors (Lipinski definition) is 5. The Bertz CT molecular complexity index is 1060. The zero-order valence-corrected chi connectivity index (χ0v) is 18.5. The molecule has 2 heterocycles. The maximum atomic E-state index is 13.0. The van der Waals surface area contributed by atoms with Gasteiger partial charge in [-0.2, -0.15) is 0 Å². The number of carbonyl (C=O) groups is 1. The number of amides is 1. The molecule has 0 aliphatic heterocycles. The number of carbonyl (C=O) groups excluding carboxylic acids is 1. The van der Waals surface area contributed by atoms with Crippen molar-refractivity contribution in [1.82, 2.24) is 14.5 Å². The van der Waals surface area contributed by atoms with Gasteiger partial charge in [-0.15, -0.1) is 11.3 Å². The molecule has 2 aromatic heterocycles. The number of nitrogens with zero attached hydrogens (tertiary/aromatic N) is 3. The Labute approximate surface area is 173 Å². The Morgan fingerprint density at radius 3 is 2.61 bits per heavy atom. The summed E-state index contributed by atoms with van der Waals surface area (Å²) in [6.07, 6.45) is 0. The van der Waals surface area contributed by atoms with Crippen LogP contribution in [0.4, 0.5) is 0 Å². The maximum Gasteiger partial charge on any atom is 0.263 e. The van der Waals surface area contributed by atoms with E-state index in [0.29, 0.717) is 23.6 Å². The molecule has 7 heteroatoms. The van der Waals surface area contributed by atoms with E-state index in [1.807, 2.05) is 65.1 Å². The number of benzene rings is 1. The summed E-state index contributed by atoms with van der Waals surface area (Å²) in [5.41, 5.74) is 2.07. The number of aryl methyl sites for hydroxylation is 2. The van der Waals surface area contributed by atoms with Gasteiger partial charge in [-0.3, -0.25) is 14.2 Å². The summed E-state index contributed by atoms with van der Waals surface area (Å²) in [4.78, 5) is 34.1. The van der Waals surface area contributed by atoms with Gasteiger partial charge in [0, 0.05) is 25.0 Å². The van der Waals surface area contributed by atoms with Crippen LogP contribution in [0.1, 0.15) is 29.9 Å². The lowest BCUT2D eigenvalue weighted by atomic mass is 10.2. The highest BCUT2D eigenvalue weighted by Gasteiger charge is 2.23. The molecule has 3 aromatic rings. The van der Waals surface area contributed by atoms with Gasteiger partial charge >= 0.3 is 0 Å². The van der Waals surface area contributed by atoms with E-state index in [1.54, 1.807) is 9.47 Å². The lowest BCUT2D eigenvalue weighted by Gasteiger charge is -2.21. The quantitative estimate of drug-likeness (QED) is 0.446. The molecular weight excluding hydrogens is 390 g/mol. The third-order valence-corrected chi connectivity index (χ3v) is 7.02. The minimum atomic E-state index is -0.335. The molecule has 28 heavy (non-hydrogen) atoms. The van der Waals surface area contributed by atoms with Crippen LogP contribution in [0.25, 0.3) is 10.2 Å². The van der Waals surface area contributed by atoms with Crippen molar-refractivity contribution in [3.63, 3.8) is 0 Å². The molecule has 1 atom stereocenters. The third kappa shape index (κ3) is 4.00. The highest BCUT2D eigenvalue weighted by atomic mass is 32.2. The topological polar surface area (TPSA) is 55.2 Å². The first-order valence-corrected chi connectivity index (χ1v) is 11.0. The van der Waals surface area contributed by atoms with E-state index in [-0.39, 0.29) is 16.7 Å². The second kappa shape index (κ2) is 8.49. The summed E-state index contributed by atoms with van der Waals surface area (Å²) >= 11 is 2.89. The van der Waals surface area contributed by atoms with Crippen LogP contribution in [0.15, 0.2) is 40.3 Å². The number of aromatic nitrogens is 2. The van der Waals surface area contributed by atoms with Crippen LogP contribution in [0.3, 0.4) is 0 Å². The van der Waals surface area contributed by atoms with Gasteiger partial charge in [-0.05, 0) is 38.8 Å². The fraction of sp³-hybridized carbons (Fsp3) is 0.381. The molecule has 1 aromatic carbocycles. The summed E-state index contributed by atoms with van der Waals surface area (Å²) < 4.78 is 1.67. The lowest BCUT2D eigenvalue weighted by Crippen LogP contribution is -2.33. The third-order valence-electron chi connectivity index (χ3n) is 4.84. The van der Waals surface area contributed by atoms with Gasteiger partial charge in [0.15, 0.2) is 5.16 Å². The van der Waals surface area contributed by atoms with Gasteiger partial charge in [-0.25, -0.2) is 4.98 Å². The smallest absolute Gasteiger partial charge is 0.263 e. The minimum Gasteiger partial charge on any atom is -0.340 e. The Morgan fingerprint density at radius 2 is 1.96 bits per heavy atom. The predicted octanol–water partition coefficient (Wildman–Crippen LogP) is 4.23. The first-order chi connectivity index (χ1) is 13.3. The summed E-state index contributed by atoms with van der Waals surface area (Å²) in [6.45, 7) is 8.86. The van der Waals surface area contributed by atoms with E-state index in [4.69, 9.17) is 4.98 Å². The van der Waals surface area contributed by atoms with Crippen molar-refractivity contribution in [1.29, 1.82) is 0 Å². The van der Waals surface area contributed by atoms with Crippen LogP contribution in [-0.2, 0) is 17.9 Å². The van der Waals surface area contributed by atoms with Gasteiger partial charge in [0.05, 0.1) is 10.6 Å². The van der Waals surface area contributed by atoms with Crippen molar-refractivity contribution in [2.24, 2.45) is 0 Å². The van der Waals surface area contributed by atoms with Gasteiger partial charge in [0.2, 0.25) is 5.91 Å². The highest BCUT2D eigenvalue weighted by molar-refractivity contribution is 8.00. The second-order valence-electron chi connectivity index (χ2n) is 6.85. The van der Waals surface area contributed by atoms with E-state index in [9.17, 15) is 9.59 Å². The molecule has 0 N–H and O–H groups in total. The van der Waals surface area contributed by atoms with Crippen LogP contribution in [0.2, 0.25) is 0 Å². The molecule has 1 unspecified atom stereocenters. The fourth-order valence-corrected chi connectivity index (χ4v) is 5.29. The summed E-state index contributed by atoms with van der Waals surface area (Å²) in [5.74, 6) is 0.0180. The zero-order valence-electron chi connectivity index (χ0n) is 16.9. The van der Waals surface area contributed by atoms with Gasteiger partial charge in [0.25, 0.3) is 5.56 Å². The number of fused-ring (bicyclic) bond motifs is 1. The molecule has 3 rings (SSSR count). The molecule has 0 saturated heterocycles. The Morgan fingerprint density at radius 1 is 1.29 bits per heavy atom. The lowest BCUT2D eigenvalue weighted by molar-refractivity contribution is -0.129. The Hall–Kier alpha value is -2.12. The molecule has 148 valence electrons. The number of thiophene rings is 1. The maximum absolute atomic E-state index is 13.0. The molecule has 0 bridgehead atoms. The van der Waals surface area contributed by atoms with E-state index >= 15 is 0 Å².